The fraction of sp³-hybridized carbons (Fsp3) is 0.429. The smallest absolute Gasteiger partial charge is 0.311 e. The molecule has 1 aromatic rings. The van der Waals surface area contributed by atoms with Crippen LogP contribution in [0, 0.1) is 28.4 Å². The Morgan fingerprint density at radius 2 is 2.10 bits per heavy atom. The summed E-state index contributed by atoms with van der Waals surface area (Å²) in [6.45, 7) is 2.10. The Bertz CT molecular complexity index is 574. The Morgan fingerprint density at radius 3 is 2.50 bits per heavy atom. The topological polar surface area (TPSA) is 64.3 Å². The quantitative estimate of drug-likeness (QED) is 0.924. The normalized spacial score (nSPS) is 21.8. The lowest BCUT2D eigenvalue weighted by atomic mass is 9.84. The molecule has 1 aromatic carbocycles. The summed E-state index contributed by atoms with van der Waals surface area (Å²) in [4.78, 5) is 12.8. The first-order valence-corrected chi connectivity index (χ1v) is 6.31. The second-order valence-electron chi connectivity index (χ2n) is 5.01. The van der Waals surface area contributed by atoms with Crippen LogP contribution < -0.4 is 4.90 Å². The van der Waals surface area contributed by atoms with E-state index in [1.54, 1.807) is 13.0 Å². The van der Waals surface area contributed by atoms with Crippen molar-refractivity contribution in [2.75, 3.05) is 18.0 Å². The molecule has 0 aliphatic carbocycles. The minimum Gasteiger partial charge on any atom is -0.481 e. The third kappa shape index (κ3) is 2.20. The zero-order valence-electron chi connectivity index (χ0n) is 11.0. The summed E-state index contributed by atoms with van der Waals surface area (Å²) in [7, 11) is 0. The van der Waals surface area contributed by atoms with Crippen LogP contribution in [0.15, 0.2) is 12.1 Å². The van der Waals surface area contributed by atoms with Gasteiger partial charge in [-0.05, 0) is 25.0 Å². The number of halogens is 2. The molecule has 0 aromatic heterocycles. The molecule has 2 rings (SSSR count). The molecule has 0 bridgehead atoms. The van der Waals surface area contributed by atoms with Gasteiger partial charge >= 0.3 is 5.97 Å². The molecule has 1 fully saturated rings. The van der Waals surface area contributed by atoms with Crippen molar-refractivity contribution in [1.29, 1.82) is 5.26 Å². The highest BCUT2D eigenvalue weighted by Crippen LogP contribution is 2.38. The van der Waals surface area contributed by atoms with E-state index < -0.39 is 23.0 Å². The van der Waals surface area contributed by atoms with E-state index >= 15 is 0 Å². The zero-order chi connectivity index (χ0) is 14.9. The highest BCUT2D eigenvalue weighted by molar-refractivity contribution is 5.77. The van der Waals surface area contributed by atoms with Crippen molar-refractivity contribution in [3.8, 4) is 6.07 Å². The summed E-state index contributed by atoms with van der Waals surface area (Å²) >= 11 is 0. The van der Waals surface area contributed by atoms with E-state index in [2.05, 4.69) is 0 Å². The van der Waals surface area contributed by atoms with Gasteiger partial charge < -0.3 is 10.0 Å². The average molecular weight is 280 g/mol. The molecule has 1 aliphatic heterocycles. The Balaban J connectivity index is 2.36. The molecule has 0 saturated carbocycles. The van der Waals surface area contributed by atoms with E-state index in [0.717, 1.165) is 12.1 Å². The molecule has 4 nitrogen and oxygen atoms in total. The Labute approximate surface area is 115 Å². The minimum absolute atomic E-state index is 0.0680. The van der Waals surface area contributed by atoms with Crippen LogP contribution in [0.2, 0.25) is 0 Å². The molecule has 0 spiro atoms. The van der Waals surface area contributed by atoms with Crippen LogP contribution in [0.3, 0.4) is 0 Å². The molecule has 6 heteroatoms. The lowest BCUT2D eigenvalue weighted by Gasteiger charge is -2.24. The standard InChI is InChI=1S/C14H14F2N2O2/c1-2-14(13(19)20)3-4-18(8-14)12-10(15)5-9(7-17)6-11(12)16/h5-6H,2-4,8H2,1H3,(H,19,20). The number of aliphatic carboxylic acids is 1. The van der Waals surface area contributed by atoms with Gasteiger partial charge in [0.05, 0.1) is 17.0 Å². The largest absolute Gasteiger partial charge is 0.481 e. The minimum atomic E-state index is -0.965. The van der Waals surface area contributed by atoms with Crippen molar-refractivity contribution < 1.29 is 18.7 Å². The molecule has 1 heterocycles. The van der Waals surface area contributed by atoms with Crippen molar-refractivity contribution in [2.24, 2.45) is 5.41 Å². The van der Waals surface area contributed by atoms with Crippen LogP contribution in [-0.4, -0.2) is 24.2 Å². The van der Waals surface area contributed by atoms with Crippen molar-refractivity contribution in [2.45, 2.75) is 19.8 Å². The van der Waals surface area contributed by atoms with Gasteiger partial charge in [-0.15, -0.1) is 0 Å². The number of benzene rings is 1. The summed E-state index contributed by atoms with van der Waals surface area (Å²) < 4.78 is 27.9. The Kier molecular flexibility index (Phi) is 3.62. The number of carboxylic acids is 1. The van der Waals surface area contributed by atoms with Gasteiger partial charge in [-0.1, -0.05) is 6.92 Å². The lowest BCUT2D eigenvalue weighted by molar-refractivity contribution is -0.147. The number of anilines is 1. The summed E-state index contributed by atoms with van der Waals surface area (Å²) in [5.41, 5.74) is -1.31. The fourth-order valence-corrected chi connectivity index (χ4v) is 2.61. The fourth-order valence-electron chi connectivity index (χ4n) is 2.61. The van der Waals surface area contributed by atoms with Crippen LogP contribution in [0.4, 0.5) is 14.5 Å². The maximum absolute atomic E-state index is 13.9. The van der Waals surface area contributed by atoms with E-state index in [1.165, 1.54) is 4.90 Å². The number of carbonyl (C=O) groups is 1. The van der Waals surface area contributed by atoms with Crippen LogP contribution in [0.5, 0.6) is 0 Å². The van der Waals surface area contributed by atoms with Crippen molar-refractivity contribution >= 4 is 11.7 Å². The average Bonchev–Trinajstić information content (AvgIpc) is 2.83. The lowest BCUT2D eigenvalue weighted by Crippen LogP contribution is -2.34. The summed E-state index contributed by atoms with van der Waals surface area (Å²) in [6, 6.07) is 3.61. The van der Waals surface area contributed by atoms with Gasteiger partial charge in [0.15, 0.2) is 11.6 Å². The monoisotopic (exact) mass is 280 g/mol. The first-order chi connectivity index (χ1) is 9.43. The number of hydrogen-bond donors (Lipinski definition) is 1. The third-order valence-corrected chi connectivity index (χ3v) is 3.95. The SMILES string of the molecule is CCC1(C(=O)O)CCN(c2c(F)cc(C#N)cc2F)C1. The van der Waals surface area contributed by atoms with E-state index in [0.29, 0.717) is 12.8 Å². The number of nitriles is 1. The third-order valence-electron chi connectivity index (χ3n) is 3.95. The first-order valence-electron chi connectivity index (χ1n) is 6.31. The van der Waals surface area contributed by atoms with Gasteiger partial charge in [-0.25, -0.2) is 8.78 Å². The molecular formula is C14H14F2N2O2. The second kappa shape index (κ2) is 5.08. The zero-order valence-corrected chi connectivity index (χ0v) is 11.0. The molecule has 0 radical (unpaired) electrons. The number of carboxylic acid groups (broad SMARTS) is 1. The Hall–Kier alpha value is -2.16. The van der Waals surface area contributed by atoms with Crippen molar-refractivity contribution in [1.82, 2.24) is 0 Å². The Morgan fingerprint density at radius 1 is 1.50 bits per heavy atom. The first kappa shape index (κ1) is 14.3. The summed E-state index contributed by atoms with van der Waals surface area (Å²) in [5.74, 6) is -2.62. The molecule has 106 valence electrons. The predicted octanol–water partition coefficient (Wildman–Crippen LogP) is 2.53. The van der Waals surface area contributed by atoms with E-state index in [1.807, 2.05) is 0 Å². The van der Waals surface area contributed by atoms with Gasteiger partial charge in [-0.3, -0.25) is 4.79 Å². The van der Waals surface area contributed by atoms with E-state index in [4.69, 9.17) is 5.26 Å². The van der Waals surface area contributed by atoms with Crippen LogP contribution in [0.1, 0.15) is 25.3 Å². The summed E-state index contributed by atoms with van der Waals surface area (Å²) in [6.07, 6.45) is 0.746. The molecule has 1 saturated heterocycles. The molecular weight excluding hydrogens is 266 g/mol. The second-order valence-corrected chi connectivity index (χ2v) is 5.01. The summed E-state index contributed by atoms with van der Waals surface area (Å²) in [5, 5.41) is 18.0. The van der Waals surface area contributed by atoms with E-state index in [9.17, 15) is 18.7 Å². The number of hydrogen-bond acceptors (Lipinski definition) is 3. The van der Waals surface area contributed by atoms with E-state index in [-0.39, 0.29) is 24.3 Å². The molecule has 1 aliphatic rings. The highest BCUT2D eigenvalue weighted by atomic mass is 19.1. The predicted molar refractivity (Wildman–Crippen MR) is 68.3 cm³/mol. The molecule has 1 atom stereocenters. The maximum Gasteiger partial charge on any atom is 0.311 e. The van der Waals surface area contributed by atoms with Crippen molar-refractivity contribution in [3.63, 3.8) is 0 Å². The van der Waals surface area contributed by atoms with Gasteiger partial charge in [0.2, 0.25) is 0 Å². The van der Waals surface area contributed by atoms with Crippen molar-refractivity contribution in [3.05, 3.63) is 29.3 Å². The molecule has 0 amide bonds. The van der Waals surface area contributed by atoms with Gasteiger partial charge in [-0.2, -0.15) is 5.26 Å². The van der Waals surface area contributed by atoms with Gasteiger partial charge in [0.25, 0.3) is 0 Å². The van der Waals surface area contributed by atoms with Crippen LogP contribution in [-0.2, 0) is 4.79 Å². The number of rotatable bonds is 3. The molecule has 20 heavy (non-hydrogen) atoms. The van der Waals surface area contributed by atoms with Gasteiger partial charge in [0, 0.05) is 13.1 Å². The maximum atomic E-state index is 13.9. The van der Waals surface area contributed by atoms with Crippen LogP contribution in [0.25, 0.3) is 0 Å². The molecule has 1 unspecified atom stereocenters. The number of nitrogens with zero attached hydrogens (tertiary/aromatic N) is 2. The highest BCUT2D eigenvalue weighted by Gasteiger charge is 2.44. The van der Waals surface area contributed by atoms with Crippen LogP contribution >= 0.6 is 0 Å². The van der Waals surface area contributed by atoms with Gasteiger partial charge in [0.1, 0.15) is 5.69 Å². The molecule has 1 N–H and O–H groups in total.